The van der Waals surface area contributed by atoms with Gasteiger partial charge >= 0.3 is 0 Å². The van der Waals surface area contributed by atoms with Crippen LogP contribution in [0.3, 0.4) is 0 Å². The van der Waals surface area contributed by atoms with Crippen molar-refractivity contribution in [2.24, 2.45) is 5.73 Å². The molecule has 0 saturated carbocycles. The molecule has 0 fully saturated rings. The van der Waals surface area contributed by atoms with Crippen LogP contribution in [0.1, 0.15) is 12.5 Å². The number of hydrogen-bond donors (Lipinski definition) is 1. The van der Waals surface area contributed by atoms with E-state index in [1.165, 1.54) is 30.3 Å². The number of benzene rings is 2. The molecule has 0 aromatic heterocycles. The van der Waals surface area contributed by atoms with Crippen molar-refractivity contribution >= 4 is 23.2 Å². The Hall–Kier alpha value is -1.36. The van der Waals surface area contributed by atoms with E-state index in [9.17, 15) is 8.78 Å². The Bertz CT molecular complexity index is 619. The first-order valence-electron chi connectivity index (χ1n) is 6.22. The minimum Gasteiger partial charge on any atom is -0.451 e. The molecule has 0 aliphatic heterocycles. The van der Waals surface area contributed by atoms with Crippen LogP contribution in [0.2, 0.25) is 10.0 Å². The molecule has 6 heteroatoms. The Morgan fingerprint density at radius 1 is 1.05 bits per heavy atom. The van der Waals surface area contributed by atoms with Gasteiger partial charge in [0, 0.05) is 16.1 Å². The van der Waals surface area contributed by atoms with Gasteiger partial charge in [0.2, 0.25) is 0 Å². The lowest BCUT2D eigenvalue weighted by Crippen LogP contribution is -2.18. The second kappa shape index (κ2) is 6.60. The smallest absolute Gasteiger partial charge is 0.198 e. The van der Waals surface area contributed by atoms with Crippen molar-refractivity contribution < 1.29 is 13.5 Å². The second-order valence-corrected chi connectivity index (χ2v) is 5.65. The third-order valence-electron chi connectivity index (χ3n) is 2.67. The molecule has 1 unspecified atom stereocenters. The molecule has 1 atom stereocenters. The number of rotatable bonds is 4. The molecular formula is C15H13Cl2F2NO. The highest BCUT2D eigenvalue weighted by atomic mass is 35.5. The molecule has 2 aromatic carbocycles. The fourth-order valence-corrected chi connectivity index (χ4v) is 2.41. The van der Waals surface area contributed by atoms with Crippen LogP contribution in [0.25, 0.3) is 0 Å². The Morgan fingerprint density at radius 3 is 2.05 bits per heavy atom. The van der Waals surface area contributed by atoms with Gasteiger partial charge in [-0.3, -0.25) is 0 Å². The van der Waals surface area contributed by atoms with Crippen molar-refractivity contribution in [2.45, 2.75) is 19.4 Å². The molecule has 0 amide bonds. The summed E-state index contributed by atoms with van der Waals surface area (Å²) in [5, 5.41) is 0.624. The highest BCUT2D eigenvalue weighted by Gasteiger charge is 2.15. The fourth-order valence-electron chi connectivity index (χ4n) is 1.90. The third-order valence-corrected chi connectivity index (χ3v) is 3.11. The Kier molecular flexibility index (Phi) is 5.04. The summed E-state index contributed by atoms with van der Waals surface area (Å²) in [5.41, 5.74) is 6.08. The Balaban J connectivity index is 2.31. The number of nitrogens with two attached hydrogens (primary N) is 1. The fraction of sp³-hybridized carbons (Fsp3) is 0.200. The average molecular weight is 332 g/mol. The molecule has 0 saturated heterocycles. The SMILES string of the molecule is CC(N)Cc1cc(F)c(Oc2cc(Cl)cc(Cl)c2)c(F)c1. The lowest BCUT2D eigenvalue weighted by Gasteiger charge is -2.11. The largest absolute Gasteiger partial charge is 0.451 e. The van der Waals surface area contributed by atoms with Crippen molar-refractivity contribution in [2.75, 3.05) is 0 Å². The van der Waals surface area contributed by atoms with Crippen molar-refractivity contribution in [1.82, 2.24) is 0 Å². The summed E-state index contributed by atoms with van der Waals surface area (Å²) in [7, 11) is 0. The first kappa shape index (κ1) is 16.0. The van der Waals surface area contributed by atoms with Gasteiger partial charge in [0.25, 0.3) is 0 Å². The lowest BCUT2D eigenvalue weighted by atomic mass is 10.1. The molecular weight excluding hydrogens is 319 g/mol. The third kappa shape index (κ3) is 4.30. The molecule has 0 heterocycles. The zero-order chi connectivity index (χ0) is 15.6. The van der Waals surface area contributed by atoms with Crippen molar-refractivity contribution in [1.29, 1.82) is 0 Å². The van der Waals surface area contributed by atoms with Crippen LogP contribution in [-0.2, 0) is 6.42 Å². The zero-order valence-electron chi connectivity index (χ0n) is 11.2. The molecule has 0 aliphatic rings. The molecule has 21 heavy (non-hydrogen) atoms. The second-order valence-electron chi connectivity index (χ2n) is 4.78. The van der Waals surface area contributed by atoms with E-state index in [-0.39, 0.29) is 11.8 Å². The summed E-state index contributed by atoms with van der Waals surface area (Å²) in [6.07, 6.45) is 0.372. The van der Waals surface area contributed by atoms with E-state index in [2.05, 4.69) is 0 Å². The minimum atomic E-state index is -0.804. The van der Waals surface area contributed by atoms with Gasteiger partial charge in [0.15, 0.2) is 17.4 Å². The van der Waals surface area contributed by atoms with E-state index in [1.807, 2.05) is 0 Å². The monoisotopic (exact) mass is 331 g/mol. The van der Waals surface area contributed by atoms with Crippen LogP contribution in [0.4, 0.5) is 8.78 Å². The minimum absolute atomic E-state index is 0.158. The van der Waals surface area contributed by atoms with Crippen LogP contribution in [0, 0.1) is 11.6 Å². The van der Waals surface area contributed by atoms with E-state index < -0.39 is 17.4 Å². The summed E-state index contributed by atoms with van der Waals surface area (Å²) in [5.74, 6) is -1.95. The molecule has 2 nitrogen and oxygen atoms in total. The van der Waals surface area contributed by atoms with Crippen LogP contribution >= 0.6 is 23.2 Å². The lowest BCUT2D eigenvalue weighted by molar-refractivity contribution is 0.406. The molecule has 2 aromatic rings. The summed E-state index contributed by atoms with van der Waals surface area (Å²) in [6.45, 7) is 1.76. The molecule has 0 bridgehead atoms. The zero-order valence-corrected chi connectivity index (χ0v) is 12.7. The van der Waals surface area contributed by atoms with Crippen molar-refractivity contribution in [3.63, 3.8) is 0 Å². The van der Waals surface area contributed by atoms with Gasteiger partial charge in [-0.15, -0.1) is 0 Å². The van der Waals surface area contributed by atoms with Gasteiger partial charge in [-0.25, -0.2) is 8.78 Å². The maximum Gasteiger partial charge on any atom is 0.198 e. The number of hydrogen-bond acceptors (Lipinski definition) is 2. The van der Waals surface area contributed by atoms with Crippen LogP contribution in [0.5, 0.6) is 11.5 Å². The van der Waals surface area contributed by atoms with E-state index in [1.54, 1.807) is 6.92 Å². The molecule has 0 spiro atoms. The van der Waals surface area contributed by atoms with E-state index in [0.29, 0.717) is 22.0 Å². The molecule has 2 rings (SSSR count). The highest BCUT2D eigenvalue weighted by molar-refractivity contribution is 6.34. The summed E-state index contributed by atoms with van der Waals surface area (Å²) in [6, 6.07) is 6.54. The quantitative estimate of drug-likeness (QED) is 0.859. The predicted molar refractivity (Wildman–Crippen MR) is 80.2 cm³/mol. The molecule has 0 aliphatic carbocycles. The Morgan fingerprint density at radius 2 is 1.57 bits per heavy atom. The molecule has 112 valence electrons. The van der Waals surface area contributed by atoms with Gasteiger partial charge < -0.3 is 10.5 Å². The molecule has 2 N–H and O–H groups in total. The maximum atomic E-state index is 14.0. The summed E-state index contributed by atoms with van der Waals surface area (Å²) < 4.78 is 33.2. The Labute approximate surface area is 131 Å². The predicted octanol–water partition coefficient (Wildman–Crippen LogP) is 4.95. The van der Waals surface area contributed by atoms with E-state index in [4.69, 9.17) is 33.7 Å². The number of halogens is 4. The van der Waals surface area contributed by atoms with E-state index in [0.717, 1.165) is 0 Å². The average Bonchev–Trinajstić information content (AvgIpc) is 2.31. The van der Waals surface area contributed by atoms with Crippen LogP contribution in [-0.4, -0.2) is 6.04 Å². The van der Waals surface area contributed by atoms with Gasteiger partial charge in [0.1, 0.15) is 5.75 Å². The van der Waals surface area contributed by atoms with E-state index >= 15 is 0 Å². The summed E-state index contributed by atoms with van der Waals surface area (Å²) >= 11 is 11.6. The topological polar surface area (TPSA) is 35.2 Å². The van der Waals surface area contributed by atoms with Crippen LogP contribution in [0.15, 0.2) is 30.3 Å². The van der Waals surface area contributed by atoms with Crippen molar-refractivity contribution in [3.8, 4) is 11.5 Å². The van der Waals surface area contributed by atoms with Crippen molar-refractivity contribution in [3.05, 3.63) is 57.6 Å². The van der Waals surface area contributed by atoms with Crippen LogP contribution < -0.4 is 10.5 Å². The van der Waals surface area contributed by atoms with Gasteiger partial charge in [-0.2, -0.15) is 0 Å². The first-order chi connectivity index (χ1) is 9.85. The summed E-state index contributed by atoms with van der Waals surface area (Å²) in [4.78, 5) is 0. The van der Waals surface area contributed by atoms with Gasteiger partial charge in [-0.05, 0) is 49.2 Å². The number of ether oxygens (including phenoxy) is 1. The standard InChI is InChI=1S/C15H13Cl2F2NO/c1-8(20)2-9-3-13(18)15(14(19)4-9)21-12-6-10(16)5-11(17)7-12/h3-8H,2,20H2,1H3. The molecule has 0 radical (unpaired) electrons. The normalized spacial score (nSPS) is 12.3. The maximum absolute atomic E-state index is 14.0. The highest BCUT2D eigenvalue weighted by Crippen LogP contribution is 2.32. The van der Waals surface area contributed by atoms with Gasteiger partial charge in [0.05, 0.1) is 0 Å². The van der Waals surface area contributed by atoms with Gasteiger partial charge in [-0.1, -0.05) is 23.2 Å². The first-order valence-corrected chi connectivity index (χ1v) is 6.98.